The smallest absolute Gasteiger partial charge is 0.252 e. The lowest BCUT2D eigenvalue weighted by atomic mass is 9.96. The second-order valence-electron chi connectivity index (χ2n) is 7.63. The summed E-state index contributed by atoms with van der Waals surface area (Å²) in [5.74, 6) is -0.303. The van der Waals surface area contributed by atoms with Gasteiger partial charge in [-0.15, -0.1) is 0 Å². The van der Waals surface area contributed by atoms with E-state index in [1.54, 1.807) is 12.4 Å². The van der Waals surface area contributed by atoms with Crippen LogP contribution in [0.1, 0.15) is 41.9 Å². The fraction of sp³-hybridized carbons (Fsp3) is 0.350. The number of nitrogens with zero attached hydrogens (tertiary/aromatic N) is 5. The highest BCUT2D eigenvalue weighted by Gasteiger charge is 2.41. The maximum absolute atomic E-state index is 11.9. The van der Waals surface area contributed by atoms with Gasteiger partial charge in [0.25, 0.3) is 5.91 Å². The first-order chi connectivity index (χ1) is 14.1. The first-order valence-corrected chi connectivity index (χ1v) is 9.67. The molecule has 9 nitrogen and oxygen atoms in total. The average molecular weight is 388 g/mol. The summed E-state index contributed by atoms with van der Waals surface area (Å²) in [4.78, 5) is 29.9. The van der Waals surface area contributed by atoms with E-state index in [-0.39, 0.29) is 11.9 Å². The number of anilines is 2. The van der Waals surface area contributed by atoms with E-state index < -0.39 is 5.91 Å². The van der Waals surface area contributed by atoms with Gasteiger partial charge in [-0.05, 0) is 31.7 Å². The molecule has 3 aromatic heterocycles. The molecular weight excluding hydrogens is 368 g/mol. The van der Waals surface area contributed by atoms with Crippen LogP contribution in [0.2, 0.25) is 0 Å². The molecule has 9 heteroatoms. The fourth-order valence-electron chi connectivity index (χ4n) is 4.78. The zero-order valence-electron chi connectivity index (χ0n) is 15.7. The number of aromatic nitrogens is 4. The topological polar surface area (TPSA) is 137 Å². The number of piperidine rings is 1. The van der Waals surface area contributed by atoms with Gasteiger partial charge in [0.15, 0.2) is 0 Å². The Morgan fingerprint density at radius 3 is 2.59 bits per heavy atom. The molecule has 3 aromatic rings. The van der Waals surface area contributed by atoms with E-state index in [4.69, 9.17) is 11.0 Å². The standard InChI is InChI=1S/C20H20N8O/c21-7-17-24-8-14(9-25-17)28-12-1-2-13(28)6-11(5-12)27-18-15-3-4-23-20(15)26-10-16(18)19(22)29/h3-4,8-13H,1-2,5-6H2,(H2,22,29)(H2,23,26,27)/t11-,12-,13+. The zero-order valence-corrected chi connectivity index (χ0v) is 15.7. The van der Waals surface area contributed by atoms with Crippen molar-refractivity contribution in [2.75, 3.05) is 10.2 Å². The van der Waals surface area contributed by atoms with E-state index in [1.165, 1.54) is 6.20 Å². The number of fused-ring (bicyclic) bond motifs is 3. The Kier molecular flexibility index (Phi) is 4.05. The van der Waals surface area contributed by atoms with Crippen molar-refractivity contribution in [3.8, 4) is 6.07 Å². The fourth-order valence-corrected chi connectivity index (χ4v) is 4.78. The quantitative estimate of drug-likeness (QED) is 0.621. The molecule has 0 unspecified atom stereocenters. The SMILES string of the molecule is N#Cc1ncc(N2[C@@H]3CC[C@H]2C[C@H](Nc2c(C(N)=O)cnc4[nH]ccc24)C3)cn1. The monoisotopic (exact) mass is 388 g/mol. The highest BCUT2D eigenvalue weighted by Crippen LogP contribution is 2.40. The van der Waals surface area contributed by atoms with Gasteiger partial charge >= 0.3 is 0 Å². The summed E-state index contributed by atoms with van der Waals surface area (Å²) in [6, 6.07) is 4.82. The number of aromatic amines is 1. The molecule has 29 heavy (non-hydrogen) atoms. The Morgan fingerprint density at radius 2 is 1.93 bits per heavy atom. The molecule has 0 aliphatic carbocycles. The summed E-state index contributed by atoms with van der Waals surface area (Å²) in [6.45, 7) is 0. The normalized spacial score (nSPS) is 23.1. The molecule has 3 atom stereocenters. The number of carbonyl (C=O) groups is 1. The van der Waals surface area contributed by atoms with Crippen molar-refractivity contribution in [1.82, 2.24) is 19.9 Å². The number of nitrogens with two attached hydrogens (primary N) is 1. The van der Waals surface area contributed by atoms with Crippen LogP contribution in [0.4, 0.5) is 11.4 Å². The van der Waals surface area contributed by atoms with Gasteiger partial charge in [-0.3, -0.25) is 4.79 Å². The molecule has 0 radical (unpaired) electrons. The lowest BCUT2D eigenvalue weighted by Crippen LogP contribution is -2.47. The number of hydrogen-bond acceptors (Lipinski definition) is 7. The number of nitriles is 1. The van der Waals surface area contributed by atoms with Crippen molar-refractivity contribution in [1.29, 1.82) is 5.26 Å². The predicted molar refractivity (Wildman–Crippen MR) is 107 cm³/mol. The van der Waals surface area contributed by atoms with Gasteiger partial charge in [-0.1, -0.05) is 0 Å². The molecule has 1 amide bonds. The highest BCUT2D eigenvalue weighted by molar-refractivity contribution is 6.06. The maximum Gasteiger partial charge on any atom is 0.252 e. The second kappa shape index (κ2) is 6.74. The van der Waals surface area contributed by atoms with Crippen LogP contribution < -0.4 is 16.0 Å². The minimum Gasteiger partial charge on any atom is -0.381 e. The van der Waals surface area contributed by atoms with Crippen LogP contribution >= 0.6 is 0 Å². The first-order valence-electron chi connectivity index (χ1n) is 9.67. The number of H-pyrrole nitrogens is 1. The molecule has 4 N–H and O–H groups in total. The Morgan fingerprint density at radius 1 is 1.21 bits per heavy atom. The molecule has 5 heterocycles. The maximum atomic E-state index is 11.9. The summed E-state index contributed by atoms with van der Waals surface area (Å²) in [5.41, 5.74) is 8.45. The lowest BCUT2D eigenvalue weighted by Gasteiger charge is -2.41. The molecular formula is C20H20N8O. The van der Waals surface area contributed by atoms with Gasteiger partial charge in [-0.2, -0.15) is 5.26 Å². The summed E-state index contributed by atoms with van der Waals surface area (Å²) in [7, 11) is 0. The average Bonchev–Trinajstić information content (AvgIpc) is 3.31. The van der Waals surface area contributed by atoms with E-state index in [0.717, 1.165) is 48.1 Å². The van der Waals surface area contributed by atoms with Gasteiger partial charge in [0.2, 0.25) is 5.82 Å². The van der Waals surface area contributed by atoms with Gasteiger partial charge in [0.05, 0.1) is 29.3 Å². The van der Waals surface area contributed by atoms with Gasteiger partial charge in [-0.25, -0.2) is 15.0 Å². The van der Waals surface area contributed by atoms with Crippen LogP contribution in [-0.2, 0) is 0 Å². The third-order valence-electron chi connectivity index (χ3n) is 5.97. The summed E-state index contributed by atoms with van der Waals surface area (Å²) < 4.78 is 0. The van der Waals surface area contributed by atoms with Crippen LogP contribution in [0.15, 0.2) is 30.9 Å². The van der Waals surface area contributed by atoms with Crippen molar-refractivity contribution < 1.29 is 4.79 Å². The van der Waals surface area contributed by atoms with Gasteiger partial charge in [0, 0.05) is 35.9 Å². The zero-order chi connectivity index (χ0) is 20.0. The predicted octanol–water partition coefficient (Wildman–Crippen LogP) is 1.94. The highest BCUT2D eigenvalue weighted by atomic mass is 16.1. The summed E-state index contributed by atoms with van der Waals surface area (Å²) >= 11 is 0. The van der Waals surface area contributed by atoms with E-state index >= 15 is 0 Å². The third-order valence-corrected chi connectivity index (χ3v) is 5.97. The largest absolute Gasteiger partial charge is 0.381 e. The number of primary amides is 1. The molecule has 5 rings (SSSR count). The van der Waals surface area contributed by atoms with E-state index in [0.29, 0.717) is 17.6 Å². The minimum atomic E-state index is -0.488. The molecule has 2 saturated heterocycles. The van der Waals surface area contributed by atoms with Crippen molar-refractivity contribution in [3.63, 3.8) is 0 Å². The Bertz CT molecular complexity index is 1100. The first kappa shape index (κ1) is 17.4. The van der Waals surface area contributed by atoms with Crippen LogP contribution in [-0.4, -0.2) is 44.0 Å². The summed E-state index contributed by atoms with van der Waals surface area (Å²) in [6.07, 6.45) is 10.9. The summed E-state index contributed by atoms with van der Waals surface area (Å²) in [5, 5.41) is 13.4. The van der Waals surface area contributed by atoms with Crippen molar-refractivity contribution >= 4 is 28.3 Å². The molecule has 2 bridgehead atoms. The third kappa shape index (κ3) is 2.93. The molecule has 2 aliphatic heterocycles. The van der Waals surface area contributed by atoms with Crippen LogP contribution in [0.25, 0.3) is 11.0 Å². The molecule has 2 fully saturated rings. The van der Waals surface area contributed by atoms with E-state index in [2.05, 4.69) is 30.2 Å². The van der Waals surface area contributed by atoms with Crippen LogP contribution in [0.5, 0.6) is 0 Å². The number of nitrogens with one attached hydrogen (secondary N) is 2. The molecule has 0 saturated carbocycles. The van der Waals surface area contributed by atoms with Crippen molar-refractivity contribution in [3.05, 3.63) is 42.2 Å². The Hall–Kier alpha value is -3.67. The van der Waals surface area contributed by atoms with Gasteiger partial charge in [0.1, 0.15) is 11.7 Å². The van der Waals surface area contributed by atoms with Crippen molar-refractivity contribution in [2.45, 2.75) is 43.8 Å². The van der Waals surface area contributed by atoms with Crippen LogP contribution in [0.3, 0.4) is 0 Å². The molecule has 2 aliphatic rings. The molecule has 0 aromatic carbocycles. The second-order valence-corrected chi connectivity index (χ2v) is 7.63. The number of pyridine rings is 1. The minimum absolute atomic E-state index is 0.185. The number of carbonyl (C=O) groups excluding carboxylic acids is 1. The lowest BCUT2D eigenvalue weighted by molar-refractivity contribution is 0.100. The Labute approximate surface area is 167 Å². The van der Waals surface area contributed by atoms with Gasteiger partial charge < -0.3 is 20.9 Å². The van der Waals surface area contributed by atoms with E-state index in [9.17, 15) is 4.79 Å². The number of rotatable bonds is 4. The number of hydrogen-bond donors (Lipinski definition) is 3. The van der Waals surface area contributed by atoms with E-state index in [1.807, 2.05) is 18.3 Å². The Balaban J connectivity index is 1.40. The molecule has 146 valence electrons. The number of amides is 1. The van der Waals surface area contributed by atoms with Crippen LogP contribution in [0, 0.1) is 11.3 Å². The van der Waals surface area contributed by atoms with Crippen molar-refractivity contribution in [2.24, 2.45) is 5.73 Å². The molecule has 0 spiro atoms.